The first-order chi connectivity index (χ1) is 8.16. The topological polar surface area (TPSA) is 27.6 Å². The highest BCUT2D eigenvalue weighted by molar-refractivity contribution is 14.0. The summed E-state index contributed by atoms with van der Waals surface area (Å²) in [4.78, 5) is 6.31. The molecule has 0 aromatic heterocycles. The number of nitrogens with zero attached hydrogens (tertiary/aromatic N) is 2. The van der Waals surface area contributed by atoms with Gasteiger partial charge in [0.05, 0.1) is 6.54 Å². The zero-order valence-electron chi connectivity index (χ0n) is 10.1. The fourth-order valence-corrected chi connectivity index (χ4v) is 1.74. The van der Waals surface area contributed by atoms with Crippen LogP contribution in [0.3, 0.4) is 0 Å². The third-order valence-corrected chi connectivity index (χ3v) is 2.74. The number of rotatable bonds is 3. The zero-order chi connectivity index (χ0) is 12.3. The molecule has 0 unspecified atom stereocenters. The maximum Gasteiger partial charge on any atom is 0.193 e. The molecule has 100 valence electrons. The lowest BCUT2D eigenvalue weighted by Crippen LogP contribution is -2.36. The van der Waals surface area contributed by atoms with Crippen LogP contribution in [0.5, 0.6) is 0 Å². The van der Waals surface area contributed by atoms with E-state index < -0.39 is 11.6 Å². The van der Waals surface area contributed by atoms with Crippen LogP contribution in [0.1, 0.15) is 5.56 Å². The van der Waals surface area contributed by atoms with Crippen LogP contribution in [0.25, 0.3) is 0 Å². The number of halogens is 3. The van der Waals surface area contributed by atoms with Crippen LogP contribution >= 0.6 is 24.0 Å². The van der Waals surface area contributed by atoms with E-state index in [-0.39, 0.29) is 24.0 Å². The summed E-state index contributed by atoms with van der Waals surface area (Å²) in [6.07, 6.45) is 0.643. The molecule has 0 atom stereocenters. The molecule has 6 heteroatoms. The highest BCUT2D eigenvalue weighted by Gasteiger charge is 2.11. The van der Waals surface area contributed by atoms with Crippen molar-refractivity contribution in [2.45, 2.75) is 6.42 Å². The van der Waals surface area contributed by atoms with E-state index in [0.29, 0.717) is 13.0 Å². The van der Waals surface area contributed by atoms with Gasteiger partial charge in [-0.2, -0.15) is 0 Å². The van der Waals surface area contributed by atoms with E-state index in [1.165, 1.54) is 6.07 Å². The number of likely N-dealkylation sites (N-methyl/N-ethyl adjacent to an activating group) is 1. The second-order valence-corrected chi connectivity index (χ2v) is 4.05. The zero-order valence-corrected chi connectivity index (χ0v) is 12.4. The Morgan fingerprint density at radius 1 is 1.33 bits per heavy atom. The van der Waals surface area contributed by atoms with Crippen LogP contribution in [-0.4, -0.2) is 37.5 Å². The lowest BCUT2D eigenvalue weighted by molar-refractivity contribution is 0.506. The van der Waals surface area contributed by atoms with Crippen LogP contribution in [-0.2, 0) is 6.42 Å². The van der Waals surface area contributed by atoms with Gasteiger partial charge in [-0.25, -0.2) is 8.78 Å². The molecule has 1 aromatic carbocycles. The Balaban J connectivity index is 0.00000162. The molecular weight excluding hydrogens is 351 g/mol. The van der Waals surface area contributed by atoms with Crippen molar-refractivity contribution in [3.05, 3.63) is 35.4 Å². The lowest BCUT2D eigenvalue weighted by Gasteiger charge is -2.15. The summed E-state index contributed by atoms with van der Waals surface area (Å²) in [7, 11) is 1.97. The Labute approximate surface area is 122 Å². The third-order valence-electron chi connectivity index (χ3n) is 2.74. The van der Waals surface area contributed by atoms with E-state index >= 15 is 0 Å². The fraction of sp³-hybridized carbons (Fsp3) is 0.417. The Bertz CT molecular complexity index is 437. The third kappa shape index (κ3) is 3.79. The smallest absolute Gasteiger partial charge is 0.193 e. The second kappa shape index (κ2) is 6.86. The van der Waals surface area contributed by atoms with Gasteiger partial charge in [0.1, 0.15) is 0 Å². The van der Waals surface area contributed by atoms with Gasteiger partial charge in [0, 0.05) is 20.1 Å². The van der Waals surface area contributed by atoms with Crippen molar-refractivity contribution in [3.63, 3.8) is 0 Å². The predicted octanol–water partition coefficient (Wildman–Crippen LogP) is 2.02. The molecule has 0 saturated carbocycles. The number of hydrogen-bond donors (Lipinski definition) is 1. The summed E-state index contributed by atoms with van der Waals surface area (Å²) in [5.74, 6) is -0.730. The minimum absolute atomic E-state index is 0. The summed E-state index contributed by atoms with van der Waals surface area (Å²) in [6, 6.07) is 3.99. The maximum atomic E-state index is 12.9. The standard InChI is InChI=1S/C12H15F2N3.HI/c1-17-7-6-16-12(17)15-5-4-9-2-3-10(13)11(14)8-9;/h2-3,8H,4-7H2,1H3,(H,15,16);1H. The molecule has 2 rings (SSSR count). The van der Waals surface area contributed by atoms with Gasteiger partial charge in [-0.05, 0) is 24.1 Å². The summed E-state index contributed by atoms with van der Waals surface area (Å²) >= 11 is 0. The van der Waals surface area contributed by atoms with Gasteiger partial charge in [0.25, 0.3) is 0 Å². The predicted molar refractivity (Wildman–Crippen MR) is 78.4 cm³/mol. The molecule has 1 aliphatic rings. The van der Waals surface area contributed by atoms with Crippen molar-refractivity contribution in [1.82, 2.24) is 10.2 Å². The van der Waals surface area contributed by atoms with E-state index in [1.54, 1.807) is 6.07 Å². The van der Waals surface area contributed by atoms with Crippen LogP contribution < -0.4 is 5.32 Å². The Morgan fingerprint density at radius 3 is 2.72 bits per heavy atom. The number of guanidine groups is 1. The van der Waals surface area contributed by atoms with E-state index in [4.69, 9.17) is 0 Å². The highest BCUT2D eigenvalue weighted by atomic mass is 127. The molecule has 1 aromatic rings. The Morgan fingerprint density at radius 2 is 2.11 bits per heavy atom. The molecular formula is C12H16F2IN3. The molecule has 18 heavy (non-hydrogen) atoms. The highest BCUT2D eigenvalue weighted by Crippen LogP contribution is 2.08. The lowest BCUT2D eigenvalue weighted by atomic mass is 10.1. The second-order valence-electron chi connectivity index (χ2n) is 4.05. The van der Waals surface area contributed by atoms with Gasteiger partial charge in [-0.3, -0.25) is 4.99 Å². The van der Waals surface area contributed by atoms with Gasteiger partial charge < -0.3 is 10.2 Å². The molecule has 1 aliphatic heterocycles. The van der Waals surface area contributed by atoms with Gasteiger partial charge in [-0.15, -0.1) is 24.0 Å². The molecule has 1 N–H and O–H groups in total. The molecule has 1 heterocycles. The normalized spacial score (nSPS) is 14.2. The number of nitrogens with one attached hydrogen (secondary N) is 1. The summed E-state index contributed by atoms with van der Waals surface area (Å²) in [6.45, 7) is 2.39. The van der Waals surface area contributed by atoms with Crippen LogP contribution in [0, 0.1) is 11.6 Å². The monoisotopic (exact) mass is 367 g/mol. The summed E-state index contributed by atoms with van der Waals surface area (Å²) in [5, 5.41) is 3.17. The molecule has 0 aliphatic carbocycles. The largest absolute Gasteiger partial charge is 0.356 e. The van der Waals surface area contributed by atoms with Gasteiger partial charge in [-0.1, -0.05) is 6.07 Å². The number of aliphatic imine (C=N–C) groups is 1. The fourth-order valence-electron chi connectivity index (χ4n) is 1.74. The first-order valence-corrected chi connectivity index (χ1v) is 5.60. The van der Waals surface area contributed by atoms with Gasteiger partial charge in [0.2, 0.25) is 0 Å². The summed E-state index contributed by atoms with van der Waals surface area (Å²) < 4.78 is 25.6. The van der Waals surface area contributed by atoms with Crippen molar-refractivity contribution >= 4 is 29.9 Å². The van der Waals surface area contributed by atoms with Crippen LogP contribution in [0.4, 0.5) is 8.78 Å². The Kier molecular flexibility index (Phi) is 5.77. The number of hydrogen-bond acceptors (Lipinski definition) is 3. The van der Waals surface area contributed by atoms with Gasteiger partial charge >= 0.3 is 0 Å². The molecule has 0 amide bonds. The van der Waals surface area contributed by atoms with Crippen molar-refractivity contribution in [2.75, 3.05) is 26.7 Å². The van der Waals surface area contributed by atoms with Crippen LogP contribution in [0.2, 0.25) is 0 Å². The maximum absolute atomic E-state index is 12.9. The Hall–Kier alpha value is -0.920. The van der Waals surface area contributed by atoms with E-state index in [1.807, 2.05) is 11.9 Å². The van der Waals surface area contributed by atoms with Gasteiger partial charge in [0.15, 0.2) is 17.6 Å². The molecule has 0 fully saturated rings. The van der Waals surface area contributed by atoms with E-state index in [2.05, 4.69) is 10.3 Å². The molecule has 0 bridgehead atoms. The molecule has 0 radical (unpaired) electrons. The average Bonchev–Trinajstić information content (AvgIpc) is 2.70. The first kappa shape index (κ1) is 15.1. The number of benzene rings is 1. The SMILES string of the molecule is CN1CCN=C1NCCc1ccc(F)c(F)c1.I. The molecule has 3 nitrogen and oxygen atoms in total. The van der Waals surface area contributed by atoms with E-state index in [0.717, 1.165) is 30.7 Å². The van der Waals surface area contributed by atoms with E-state index in [9.17, 15) is 8.78 Å². The van der Waals surface area contributed by atoms with Crippen molar-refractivity contribution < 1.29 is 8.78 Å². The summed E-state index contributed by atoms with van der Waals surface area (Å²) in [5.41, 5.74) is 0.776. The first-order valence-electron chi connectivity index (χ1n) is 5.60. The average molecular weight is 367 g/mol. The van der Waals surface area contributed by atoms with Crippen molar-refractivity contribution in [1.29, 1.82) is 0 Å². The quantitative estimate of drug-likeness (QED) is 0.828. The molecule has 0 saturated heterocycles. The van der Waals surface area contributed by atoms with Crippen LogP contribution in [0.15, 0.2) is 23.2 Å². The minimum Gasteiger partial charge on any atom is -0.356 e. The van der Waals surface area contributed by atoms with Crippen molar-refractivity contribution in [3.8, 4) is 0 Å². The van der Waals surface area contributed by atoms with Crippen molar-refractivity contribution in [2.24, 2.45) is 4.99 Å². The molecule has 0 spiro atoms. The minimum atomic E-state index is -0.804.